The Hall–Kier alpha value is -4.88. The molecule has 3 aromatic rings. The number of hydrogen-bond donors (Lipinski definition) is 3. The minimum atomic E-state index is -4.61. The minimum absolute atomic E-state index is 0.0525. The molecule has 3 amide bonds. The van der Waals surface area contributed by atoms with Crippen molar-refractivity contribution in [3.63, 3.8) is 0 Å². The van der Waals surface area contributed by atoms with Gasteiger partial charge in [-0.3, -0.25) is 19.4 Å². The third kappa shape index (κ3) is 8.56. The summed E-state index contributed by atoms with van der Waals surface area (Å²) in [6, 6.07) is 3.37. The van der Waals surface area contributed by atoms with E-state index in [2.05, 4.69) is 25.3 Å². The van der Waals surface area contributed by atoms with Gasteiger partial charge in [0.2, 0.25) is 11.8 Å². The number of amides is 3. The summed E-state index contributed by atoms with van der Waals surface area (Å²) in [5.74, 6) is -0.931. The molecule has 0 fully saturated rings. The van der Waals surface area contributed by atoms with Gasteiger partial charge in [0.15, 0.2) is 0 Å². The lowest BCUT2D eigenvalue weighted by atomic mass is 10.1. The zero-order chi connectivity index (χ0) is 31.9. The molecule has 0 aliphatic heterocycles. The fraction of sp³-hybridized carbons (Fsp3) is 0.345. The van der Waals surface area contributed by atoms with Gasteiger partial charge >= 0.3 is 12.3 Å². The summed E-state index contributed by atoms with van der Waals surface area (Å²) in [7, 11) is 4.33. The molecule has 1 atom stereocenters. The third-order valence-electron chi connectivity index (χ3n) is 6.22. The Labute approximate surface area is 245 Å². The molecule has 0 saturated carbocycles. The Morgan fingerprint density at radius 3 is 2.58 bits per heavy atom. The van der Waals surface area contributed by atoms with Crippen LogP contribution < -0.4 is 16.2 Å². The van der Waals surface area contributed by atoms with Crippen LogP contribution in [-0.2, 0) is 27.0 Å². The van der Waals surface area contributed by atoms with Crippen molar-refractivity contribution < 1.29 is 32.3 Å². The maximum atomic E-state index is 13.7. The smallest absolute Gasteiger partial charge is 0.418 e. The average Bonchev–Trinajstić information content (AvgIpc) is 3.34. The molecule has 0 saturated heterocycles. The lowest BCUT2D eigenvalue weighted by Crippen LogP contribution is -2.44. The highest BCUT2D eigenvalue weighted by molar-refractivity contribution is 5.96. The van der Waals surface area contributed by atoms with Gasteiger partial charge in [-0.15, -0.1) is 0 Å². The number of carbonyl (C=O) groups excluding carboxylic acids is 3. The summed E-state index contributed by atoms with van der Waals surface area (Å²) in [6.07, 6.45) is 1.48. The monoisotopic (exact) mass is 602 g/mol. The highest BCUT2D eigenvalue weighted by Gasteiger charge is 2.34. The molecular weight excluding hydrogens is 569 g/mol. The van der Waals surface area contributed by atoms with Crippen molar-refractivity contribution in [2.45, 2.75) is 45.5 Å². The quantitative estimate of drug-likeness (QED) is 0.296. The Morgan fingerprint density at radius 1 is 1.23 bits per heavy atom. The largest absolute Gasteiger partial charge is 0.453 e. The number of halogens is 3. The number of ether oxygens (including phenoxy) is 1. The third-order valence-corrected chi connectivity index (χ3v) is 6.22. The van der Waals surface area contributed by atoms with Crippen molar-refractivity contribution in [1.29, 1.82) is 0 Å². The number of rotatable bonds is 10. The number of H-pyrrole nitrogens is 1. The van der Waals surface area contributed by atoms with Crippen LogP contribution in [0.1, 0.15) is 43.5 Å². The van der Waals surface area contributed by atoms with Crippen molar-refractivity contribution in [1.82, 2.24) is 24.8 Å². The number of fused-ring (bicyclic) bond motifs is 1. The molecule has 3 rings (SSSR count). The molecule has 14 heteroatoms. The Kier molecular flexibility index (Phi) is 10.5. The predicted molar refractivity (Wildman–Crippen MR) is 155 cm³/mol. The first-order valence-corrected chi connectivity index (χ1v) is 13.2. The van der Waals surface area contributed by atoms with Crippen LogP contribution in [0.2, 0.25) is 0 Å². The van der Waals surface area contributed by atoms with Crippen LogP contribution in [0.15, 0.2) is 53.1 Å². The van der Waals surface area contributed by atoms with E-state index in [-0.39, 0.29) is 42.1 Å². The highest BCUT2D eigenvalue weighted by Crippen LogP contribution is 2.35. The lowest BCUT2D eigenvalue weighted by Gasteiger charge is -2.17. The van der Waals surface area contributed by atoms with Crippen LogP contribution in [-0.4, -0.2) is 64.6 Å². The lowest BCUT2D eigenvalue weighted by molar-refractivity contribution is -0.137. The number of aromatic amines is 1. The number of nitrogens with one attached hydrogen (secondary N) is 3. The number of anilines is 1. The number of methoxy groups -OCH3 is 1. The molecule has 43 heavy (non-hydrogen) atoms. The fourth-order valence-electron chi connectivity index (χ4n) is 4.12. The molecule has 3 N–H and O–H groups in total. The van der Waals surface area contributed by atoms with Crippen LogP contribution in [0.5, 0.6) is 0 Å². The highest BCUT2D eigenvalue weighted by atomic mass is 19.4. The molecule has 0 bridgehead atoms. The number of nitrogens with zero attached hydrogens (tertiary/aromatic N) is 3. The van der Waals surface area contributed by atoms with Gasteiger partial charge in [0.25, 0.3) is 5.56 Å². The topological polar surface area (TPSA) is 138 Å². The molecule has 0 radical (unpaired) electrons. The van der Waals surface area contributed by atoms with Crippen LogP contribution in [0.25, 0.3) is 17.1 Å². The summed E-state index contributed by atoms with van der Waals surface area (Å²) in [4.78, 5) is 58.1. The van der Waals surface area contributed by atoms with E-state index < -0.39 is 35.3 Å². The molecule has 0 spiro atoms. The first-order chi connectivity index (χ1) is 20.2. The van der Waals surface area contributed by atoms with E-state index in [9.17, 15) is 32.3 Å². The van der Waals surface area contributed by atoms with Crippen molar-refractivity contribution in [2.75, 3.05) is 26.5 Å². The molecule has 230 valence electrons. The van der Waals surface area contributed by atoms with Crippen molar-refractivity contribution >= 4 is 40.7 Å². The summed E-state index contributed by atoms with van der Waals surface area (Å²) in [5.41, 5.74) is -0.0502. The molecular formula is C29H33F3N6O5. The van der Waals surface area contributed by atoms with E-state index >= 15 is 0 Å². The van der Waals surface area contributed by atoms with Crippen LogP contribution in [0, 0.1) is 0 Å². The van der Waals surface area contributed by atoms with E-state index in [1.807, 2.05) is 0 Å². The molecule has 0 aromatic carbocycles. The normalized spacial score (nSPS) is 12.2. The fourth-order valence-corrected chi connectivity index (χ4v) is 4.12. The van der Waals surface area contributed by atoms with E-state index in [1.54, 1.807) is 40.1 Å². The number of alkyl halides is 3. The number of likely N-dealkylation sites (N-methyl/N-ethyl adjacent to an activating group) is 1. The predicted octanol–water partition coefficient (Wildman–Crippen LogP) is 4.30. The minimum Gasteiger partial charge on any atom is -0.453 e. The number of aromatic nitrogens is 3. The second-order valence-electron chi connectivity index (χ2n) is 10.1. The van der Waals surface area contributed by atoms with Crippen molar-refractivity contribution in [3.05, 3.63) is 75.5 Å². The van der Waals surface area contributed by atoms with E-state index in [0.29, 0.717) is 16.8 Å². The SMILES string of the molecule is COC(=O)N[C@@H](CC/C=C/C(=O)N(C)C)C(=O)Nc1cccn(Cc2cc3ncc(C(F)(F)F)c(C=C(C)C)c3[nH]2)c1=O. The number of hydrogen-bond acceptors (Lipinski definition) is 6. The summed E-state index contributed by atoms with van der Waals surface area (Å²) in [5, 5.41) is 4.93. The zero-order valence-electron chi connectivity index (χ0n) is 24.3. The van der Waals surface area contributed by atoms with Crippen molar-refractivity contribution in [3.8, 4) is 0 Å². The van der Waals surface area contributed by atoms with Gasteiger partial charge in [0.1, 0.15) is 11.7 Å². The molecule has 0 aliphatic carbocycles. The molecule has 11 nitrogen and oxygen atoms in total. The van der Waals surface area contributed by atoms with E-state index in [0.717, 1.165) is 13.3 Å². The number of allylic oxidation sites excluding steroid dienone is 2. The average molecular weight is 603 g/mol. The van der Waals surface area contributed by atoms with Crippen LogP contribution >= 0.6 is 0 Å². The van der Waals surface area contributed by atoms with Crippen LogP contribution in [0.4, 0.5) is 23.7 Å². The van der Waals surface area contributed by atoms with Gasteiger partial charge in [-0.2, -0.15) is 13.2 Å². The number of alkyl carbamates (subject to hydrolysis) is 1. The van der Waals surface area contributed by atoms with E-state index in [4.69, 9.17) is 0 Å². The second-order valence-corrected chi connectivity index (χ2v) is 10.1. The Balaban J connectivity index is 1.85. The molecule has 0 aliphatic rings. The van der Waals surface area contributed by atoms with Gasteiger partial charge < -0.3 is 29.8 Å². The summed E-state index contributed by atoms with van der Waals surface area (Å²) in [6.45, 7) is 3.32. The Bertz CT molecular complexity index is 1620. The maximum Gasteiger partial charge on any atom is 0.418 e. The van der Waals surface area contributed by atoms with Gasteiger partial charge in [-0.25, -0.2) is 4.79 Å². The number of pyridine rings is 2. The van der Waals surface area contributed by atoms with Gasteiger partial charge in [-0.1, -0.05) is 17.7 Å². The first-order valence-electron chi connectivity index (χ1n) is 13.2. The maximum absolute atomic E-state index is 13.7. The second kappa shape index (κ2) is 13.9. The summed E-state index contributed by atoms with van der Waals surface area (Å²) < 4.78 is 46.9. The standard InChI is InChI=1S/C29H33F3N6O5/c1-17(2)13-19-20(29(30,31)32)15-33-23-14-18(34-25(19)23)16-38-12-8-10-22(27(38)41)35-26(40)21(36-28(42)43-5)9-6-7-11-24(39)37(3)4/h7-8,10-15,21,34H,6,9,16H2,1-5H3,(H,35,40)(H,36,42)/b11-7+/t21-/m0/s1. The van der Waals surface area contributed by atoms with Gasteiger partial charge in [0, 0.05) is 37.7 Å². The zero-order valence-corrected chi connectivity index (χ0v) is 24.3. The molecule has 3 aromatic heterocycles. The van der Waals surface area contributed by atoms with E-state index in [1.165, 1.54) is 39.9 Å². The molecule has 3 heterocycles. The Morgan fingerprint density at radius 2 is 1.95 bits per heavy atom. The molecule has 0 unspecified atom stereocenters. The first kappa shape index (κ1) is 32.6. The summed E-state index contributed by atoms with van der Waals surface area (Å²) >= 11 is 0. The van der Waals surface area contributed by atoms with Crippen LogP contribution in [0.3, 0.4) is 0 Å². The van der Waals surface area contributed by atoms with Crippen molar-refractivity contribution in [2.24, 2.45) is 0 Å². The number of carbonyl (C=O) groups is 3. The van der Waals surface area contributed by atoms with Gasteiger partial charge in [0.05, 0.1) is 30.3 Å². The van der Waals surface area contributed by atoms with Gasteiger partial charge in [-0.05, 0) is 51.0 Å².